The number of aryl methyl sites for hydroxylation is 1. The van der Waals surface area contributed by atoms with E-state index in [0.29, 0.717) is 18.5 Å². The maximum atomic E-state index is 12.6. The number of sulfonamides is 1. The standard InChI is InChI=1S/C23H30N2O4S/c1-17-9-7-10-18(15-17)25(30(4,27)28)14-8-13-22(26)24-20-16-23(2,3)29-21-12-6-5-11-19(20)21/h5-7,9-12,15,20H,8,13-14,16H2,1-4H3,(H,24,26)/t20-/m1/s1. The van der Waals surface area contributed by atoms with Gasteiger partial charge >= 0.3 is 0 Å². The number of nitrogens with one attached hydrogen (secondary N) is 1. The van der Waals surface area contributed by atoms with Crippen molar-refractivity contribution < 1.29 is 17.9 Å². The van der Waals surface area contributed by atoms with E-state index in [1.807, 2.05) is 63.2 Å². The third-order valence-electron chi connectivity index (χ3n) is 5.17. The minimum absolute atomic E-state index is 0.0924. The lowest BCUT2D eigenvalue weighted by Crippen LogP contribution is -2.41. The van der Waals surface area contributed by atoms with Crippen LogP contribution >= 0.6 is 0 Å². The van der Waals surface area contributed by atoms with E-state index in [9.17, 15) is 13.2 Å². The summed E-state index contributed by atoms with van der Waals surface area (Å²) in [6.45, 7) is 6.19. The number of amides is 1. The van der Waals surface area contributed by atoms with Gasteiger partial charge < -0.3 is 10.1 Å². The second-order valence-electron chi connectivity index (χ2n) is 8.50. The van der Waals surface area contributed by atoms with Gasteiger partial charge in [-0.25, -0.2) is 8.42 Å². The van der Waals surface area contributed by atoms with Crippen molar-refractivity contribution in [3.05, 3.63) is 59.7 Å². The molecule has 1 aliphatic rings. The first-order valence-electron chi connectivity index (χ1n) is 10.2. The SMILES string of the molecule is Cc1cccc(N(CCCC(=O)N[C@@H]2CC(C)(C)Oc3ccccc32)S(C)(=O)=O)c1. The Hall–Kier alpha value is -2.54. The van der Waals surface area contributed by atoms with Gasteiger partial charge in [0.25, 0.3) is 0 Å². The van der Waals surface area contributed by atoms with E-state index < -0.39 is 10.0 Å². The van der Waals surface area contributed by atoms with Crippen LogP contribution in [0.25, 0.3) is 0 Å². The highest BCUT2D eigenvalue weighted by atomic mass is 32.2. The summed E-state index contributed by atoms with van der Waals surface area (Å²) >= 11 is 0. The van der Waals surface area contributed by atoms with E-state index in [1.165, 1.54) is 10.6 Å². The molecule has 30 heavy (non-hydrogen) atoms. The third-order valence-corrected chi connectivity index (χ3v) is 6.36. The normalized spacial score (nSPS) is 17.5. The van der Waals surface area contributed by atoms with Crippen LogP contribution in [0.1, 0.15) is 50.3 Å². The summed E-state index contributed by atoms with van der Waals surface area (Å²) in [6.07, 6.45) is 2.55. The Morgan fingerprint density at radius 1 is 1.20 bits per heavy atom. The van der Waals surface area contributed by atoms with Crippen molar-refractivity contribution in [2.45, 2.75) is 51.7 Å². The highest BCUT2D eigenvalue weighted by Crippen LogP contribution is 2.39. The molecule has 1 heterocycles. The van der Waals surface area contributed by atoms with Gasteiger partial charge in [0, 0.05) is 24.9 Å². The zero-order valence-corrected chi connectivity index (χ0v) is 18.8. The van der Waals surface area contributed by atoms with Crippen molar-refractivity contribution in [2.24, 2.45) is 0 Å². The van der Waals surface area contributed by atoms with Gasteiger partial charge in [0.2, 0.25) is 15.9 Å². The summed E-state index contributed by atoms with van der Waals surface area (Å²) in [7, 11) is -3.43. The number of hydrogen-bond acceptors (Lipinski definition) is 4. The van der Waals surface area contributed by atoms with Gasteiger partial charge in [-0.15, -0.1) is 0 Å². The maximum absolute atomic E-state index is 12.6. The van der Waals surface area contributed by atoms with Gasteiger partial charge in [-0.2, -0.15) is 0 Å². The number of hydrogen-bond donors (Lipinski definition) is 1. The Morgan fingerprint density at radius 3 is 2.63 bits per heavy atom. The molecule has 0 aliphatic carbocycles. The topological polar surface area (TPSA) is 75.7 Å². The fourth-order valence-electron chi connectivity index (χ4n) is 3.85. The fraction of sp³-hybridized carbons (Fsp3) is 0.435. The first kappa shape index (κ1) is 22.2. The molecular weight excluding hydrogens is 400 g/mol. The van der Waals surface area contributed by atoms with Crippen molar-refractivity contribution in [1.82, 2.24) is 5.32 Å². The van der Waals surface area contributed by atoms with Crippen LogP contribution in [0.4, 0.5) is 5.69 Å². The molecule has 0 saturated heterocycles. The average molecular weight is 431 g/mol. The predicted molar refractivity (Wildman–Crippen MR) is 119 cm³/mol. The molecule has 0 unspecified atom stereocenters. The lowest BCUT2D eigenvalue weighted by molar-refractivity contribution is -0.122. The Balaban J connectivity index is 1.63. The highest BCUT2D eigenvalue weighted by molar-refractivity contribution is 7.92. The average Bonchev–Trinajstić information content (AvgIpc) is 2.63. The Labute approximate surface area is 179 Å². The smallest absolute Gasteiger partial charge is 0.232 e. The third kappa shape index (κ3) is 5.53. The van der Waals surface area contributed by atoms with E-state index in [2.05, 4.69) is 5.32 Å². The molecule has 2 aromatic carbocycles. The highest BCUT2D eigenvalue weighted by Gasteiger charge is 2.34. The molecule has 1 aliphatic heterocycles. The molecule has 2 aromatic rings. The van der Waals surface area contributed by atoms with E-state index in [4.69, 9.17) is 4.74 Å². The second-order valence-corrected chi connectivity index (χ2v) is 10.4. The zero-order chi connectivity index (χ0) is 21.9. The zero-order valence-electron chi connectivity index (χ0n) is 18.0. The molecule has 3 rings (SSSR count). The number of anilines is 1. The van der Waals surface area contributed by atoms with Crippen molar-refractivity contribution in [2.75, 3.05) is 17.1 Å². The number of carbonyl (C=O) groups is 1. The summed E-state index contributed by atoms with van der Waals surface area (Å²) in [6, 6.07) is 15.0. The minimum atomic E-state index is -3.43. The number of carbonyl (C=O) groups excluding carboxylic acids is 1. The molecule has 162 valence electrons. The molecule has 0 aromatic heterocycles. The Morgan fingerprint density at radius 2 is 1.93 bits per heavy atom. The maximum Gasteiger partial charge on any atom is 0.232 e. The van der Waals surface area contributed by atoms with Gasteiger partial charge in [-0.05, 0) is 51.0 Å². The molecule has 1 atom stereocenters. The lowest BCUT2D eigenvalue weighted by Gasteiger charge is -2.37. The number of fused-ring (bicyclic) bond motifs is 1. The molecule has 6 nitrogen and oxygen atoms in total. The monoisotopic (exact) mass is 430 g/mol. The van der Waals surface area contributed by atoms with Gasteiger partial charge in [-0.1, -0.05) is 30.3 Å². The Kier molecular flexibility index (Phi) is 6.41. The van der Waals surface area contributed by atoms with Gasteiger partial charge in [-0.3, -0.25) is 9.10 Å². The summed E-state index contributed by atoms with van der Waals surface area (Å²) in [5, 5.41) is 3.11. The second kappa shape index (κ2) is 8.68. The molecule has 7 heteroatoms. The van der Waals surface area contributed by atoms with E-state index in [-0.39, 0.29) is 30.5 Å². The summed E-state index contributed by atoms with van der Waals surface area (Å²) in [5.74, 6) is 0.701. The predicted octanol–water partition coefficient (Wildman–Crippen LogP) is 3.96. The first-order valence-corrected chi connectivity index (χ1v) is 12.0. The largest absolute Gasteiger partial charge is 0.487 e. The van der Waals surface area contributed by atoms with E-state index >= 15 is 0 Å². The number of para-hydroxylation sites is 1. The van der Waals surface area contributed by atoms with Crippen molar-refractivity contribution in [1.29, 1.82) is 0 Å². The van der Waals surface area contributed by atoms with Crippen LogP contribution < -0.4 is 14.4 Å². The summed E-state index contributed by atoms with van der Waals surface area (Å²) < 4.78 is 31.9. The molecular formula is C23H30N2O4S. The summed E-state index contributed by atoms with van der Waals surface area (Å²) in [5.41, 5.74) is 2.21. The van der Waals surface area contributed by atoms with E-state index in [1.54, 1.807) is 6.07 Å². The van der Waals surface area contributed by atoms with Gasteiger partial charge in [0.1, 0.15) is 11.4 Å². The molecule has 0 spiro atoms. The van der Waals surface area contributed by atoms with Crippen LogP contribution in [0, 0.1) is 6.92 Å². The number of ether oxygens (including phenoxy) is 1. The summed E-state index contributed by atoms with van der Waals surface area (Å²) in [4.78, 5) is 12.6. The Bertz CT molecular complexity index is 1020. The lowest BCUT2D eigenvalue weighted by atomic mass is 9.89. The van der Waals surface area contributed by atoms with Crippen LogP contribution in [-0.2, 0) is 14.8 Å². The molecule has 0 bridgehead atoms. The number of nitrogens with zero attached hydrogens (tertiary/aromatic N) is 1. The van der Waals surface area contributed by atoms with Crippen LogP contribution in [0.2, 0.25) is 0 Å². The number of benzene rings is 2. The van der Waals surface area contributed by atoms with Crippen molar-refractivity contribution in [3.8, 4) is 5.75 Å². The van der Waals surface area contributed by atoms with Gasteiger partial charge in [0.05, 0.1) is 18.0 Å². The number of rotatable bonds is 7. The van der Waals surface area contributed by atoms with Crippen LogP contribution in [-0.4, -0.2) is 32.7 Å². The van der Waals surface area contributed by atoms with Crippen LogP contribution in [0.5, 0.6) is 5.75 Å². The van der Waals surface area contributed by atoms with Crippen molar-refractivity contribution >= 4 is 21.6 Å². The fourth-order valence-corrected chi connectivity index (χ4v) is 4.81. The van der Waals surface area contributed by atoms with Gasteiger partial charge in [0.15, 0.2) is 0 Å². The molecule has 0 radical (unpaired) electrons. The molecule has 1 N–H and O–H groups in total. The minimum Gasteiger partial charge on any atom is -0.487 e. The van der Waals surface area contributed by atoms with Crippen molar-refractivity contribution in [3.63, 3.8) is 0 Å². The van der Waals surface area contributed by atoms with Crippen LogP contribution in [0.3, 0.4) is 0 Å². The van der Waals surface area contributed by atoms with E-state index in [0.717, 1.165) is 16.9 Å². The van der Waals surface area contributed by atoms with Crippen LogP contribution in [0.15, 0.2) is 48.5 Å². The molecule has 0 saturated carbocycles. The first-order chi connectivity index (χ1) is 14.0. The quantitative estimate of drug-likeness (QED) is 0.721. The molecule has 0 fully saturated rings. The molecule has 1 amide bonds.